The van der Waals surface area contributed by atoms with Gasteiger partial charge in [-0.25, -0.2) is 0 Å². The Morgan fingerprint density at radius 1 is 1.19 bits per heavy atom. The van der Waals surface area contributed by atoms with Gasteiger partial charge in [0.25, 0.3) is 0 Å². The summed E-state index contributed by atoms with van der Waals surface area (Å²) in [5, 5.41) is 3.51. The molecule has 2 aliphatic heterocycles. The summed E-state index contributed by atoms with van der Waals surface area (Å²) >= 11 is 0. The van der Waals surface area contributed by atoms with E-state index in [1.165, 1.54) is 19.3 Å². The Labute approximate surface area is 127 Å². The molecule has 2 saturated heterocycles. The summed E-state index contributed by atoms with van der Waals surface area (Å²) in [5.41, 5.74) is 1.41. The summed E-state index contributed by atoms with van der Waals surface area (Å²) < 4.78 is 0. The Morgan fingerprint density at radius 2 is 2.00 bits per heavy atom. The van der Waals surface area contributed by atoms with Crippen molar-refractivity contribution in [3.05, 3.63) is 42.0 Å². The molecule has 0 radical (unpaired) electrons. The van der Waals surface area contributed by atoms with Crippen LogP contribution in [-0.4, -0.2) is 37.0 Å². The van der Waals surface area contributed by atoms with Crippen molar-refractivity contribution in [2.75, 3.05) is 26.2 Å². The minimum absolute atomic E-state index is 0.156. The van der Waals surface area contributed by atoms with E-state index in [1.807, 2.05) is 41.3 Å². The van der Waals surface area contributed by atoms with Gasteiger partial charge in [-0.3, -0.25) is 4.79 Å². The molecule has 1 amide bonds. The molecule has 0 aromatic heterocycles. The Balaban J connectivity index is 1.63. The molecule has 1 aromatic rings. The van der Waals surface area contributed by atoms with Crippen molar-refractivity contribution in [2.24, 2.45) is 5.41 Å². The highest BCUT2D eigenvalue weighted by atomic mass is 16.2. The molecule has 1 aromatic carbocycles. The van der Waals surface area contributed by atoms with E-state index in [0.717, 1.165) is 38.2 Å². The number of hydrogen-bond acceptors (Lipinski definition) is 2. The number of likely N-dealkylation sites (tertiary alicyclic amines) is 1. The van der Waals surface area contributed by atoms with E-state index < -0.39 is 0 Å². The molecule has 3 nitrogen and oxygen atoms in total. The number of piperidine rings is 2. The molecule has 21 heavy (non-hydrogen) atoms. The van der Waals surface area contributed by atoms with E-state index in [4.69, 9.17) is 0 Å². The normalized spacial score (nSPS) is 26.4. The summed E-state index contributed by atoms with van der Waals surface area (Å²) in [4.78, 5) is 14.5. The first kappa shape index (κ1) is 14.3. The third-order valence-electron chi connectivity index (χ3n) is 4.75. The maximum atomic E-state index is 12.4. The quantitative estimate of drug-likeness (QED) is 0.847. The number of amides is 1. The molecule has 1 atom stereocenters. The molecule has 1 N–H and O–H groups in total. The van der Waals surface area contributed by atoms with Crippen molar-refractivity contribution in [3.63, 3.8) is 0 Å². The number of carbonyl (C=O) groups is 1. The molecule has 2 heterocycles. The summed E-state index contributed by atoms with van der Waals surface area (Å²) in [6.45, 7) is 4.01. The van der Waals surface area contributed by atoms with Crippen molar-refractivity contribution in [3.8, 4) is 0 Å². The summed E-state index contributed by atoms with van der Waals surface area (Å²) in [6, 6.07) is 10.0. The van der Waals surface area contributed by atoms with Gasteiger partial charge in [0.2, 0.25) is 5.91 Å². The van der Waals surface area contributed by atoms with Gasteiger partial charge < -0.3 is 10.2 Å². The van der Waals surface area contributed by atoms with Crippen LogP contribution in [0.3, 0.4) is 0 Å². The van der Waals surface area contributed by atoms with E-state index in [9.17, 15) is 4.79 Å². The molecular weight excluding hydrogens is 260 g/mol. The second-order valence-corrected chi connectivity index (χ2v) is 6.39. The van der Waals surface area contributed by atoms with E-state index in [-0.39, 0.29) is 5.91 Å². The SMILES string of the molecule is O=C(/C=C/c1ccccc1)N1CCCC2(CCCNC2)C1. The van der Waals surface area contributed by atoms with Crippen LogP contribution >= 0.6 is 0 Å². The zero-order valence-electron chi connectivity index (χ0n) is 12.6. The fraction of sp³-hybridized carbons (Fsp3) is 0.500. The Hall–Kier alpha value is -1.61. The Kier molecular flexibility index (Phi) is 4.39. The maximum Gasteiger partial charge on any atom is 0.246 e. The zero-order valence-corrected chi connectivity index (χ0v) is 12.6. The third kappa shape index (κ3) is 3.53. The van der Waals surface area contributed by atoms with Crippen LogP contribution in [0.2, 0.25) is 0 Å². The third-order valence-corrected chi connectivity index (χ3v) is 4.75. The van der Waals surface area contributed by atoms with Crippen molar-refractivity contribution >= 4 is 12.0 Å². The van der Waals surface area contributed by atoms with Crippen LogP contribution in [0.1, 0.15) is 31.2 Å². The average Bonchev–Trinajstić information content (AvgIpc) is 2.54. The van der Waals surface area contributed by atoms with Crippen LogP contribution in [0.25, 0.3) is 6.08 Å². The number of carbonyl (C=O) groups excluding carboxylic acids is 1. The van der Waals surface area contributed by atoms with E-state index >= 15 is 0 Å². The molecular formula is C18H24N2O. The van der Waals surface area contributed by atoms with Gasteiger partial charge >= 0.3 is 0 Å². The lowest BCUT2D eigenvalue weighted by Crippen LogP contribution is -2.52. The summed E-state index contributed by atoms with van der Waals surface area (Å²) in [6.07, 6.45) is 8.53. The second kappa shape index (κ2) is 6.44. The highest BCUT2D eigenvalue weighted by Crippen LogP contribution is 2.35. The molecule has 1 spiro atoms. The highest BCUT2D eigenvalue weighted by Gasteiger charge is 2.37. The van der Waals surface area contributed by atoms with Crippen molar-refractivity contribution in [2.45, 2.75) is 25.7 Å². The molecule has 0 aliphatic carbocycles. The van der Waals surface area contributed by atoms with Gasteiger partial charge in [0, 0.05) is 31.1 Å². The standard InChI is InChI=1S/C18H24N2O/c21-17(9-8-16-6-2-1-3-7-16)20-13-5-11-18(15-20)10-4-12-19-14-18/h1-3,6-9,19H,4-5,10-15H2/b9-8+. The lowest BCUT2D eigenvalue weighted by Gasteiger charge is -2.45. The Morgan fingerprint density at radius 3 is 2.76 bits per heavy atom. The molecule has 0 bridgehead atoms. The molecule has 3 rings (SSSR count). The summed E-state index contributed by atoms with van der Waals surface area (Å²) in [5.74, 6) is 0.156. The first-order valence-corrected chi connectivity index (χ1v) is 8.00. The van der Waals surface area contributed by atoms with Crippen LogP contribution in [-0.2, 0) is 4.79 Å². The van der Waals surface area contributed by atoms with Gasteiger partial charge in [-0.1, -0.05) is 30.3 Å². The van der Waals surface area contributed by atoms with Gasteiger partial charge in [-0.2, -0.15) is 0 Å². The fourth-order valence-corrected chi connectivity index (χ4v) is 3.61. The first-order chi connectivity index (χ1) is 10.3. The molecule has 112 valence electrons. The van der Waals surface area contributed by atoms with Crippen molar-refractivity contribution in [1.82, 2.24) is 10.2 Å². The van der Waals surface area contributed by atoms with Crippen LogP contribution < -0.4 is 5.32 Å². The van der Waals surface area contributed by atoms with E-state index in [1.54, 1.807) is 6.08 Å². The number of nitrogens with one attached hydrogen (secondary N) is 1. The fourth-order valence-electron chi connectivity index (χ4n) is 3.61. The van der Waals surface area contributed by atoms with Gasteiger partial charge in [0.1, 0.15) is 0 Å². The lowest BCUT2D eigenvalue weighted by atomic mass is 9.74. The number of rotatable bonds is 2. The smallest absolute Gasteiger partial charge is 0.246 e. The van der Waals surface area contributed by atoms with Crippen LogP contribution in [0.5, 0.6) is 0 Å². The van der Waals surface area contributed by atoms with E-state index in [0.29, 0.717) is 5.41 Å². The Bertz CT molecular complexity index is 498. The molecule has 0 saturated carbocycles. The highest BCUT2D eigenvalue weighted by molar-refractivity contribution is 5.91. The maximum absolute atomic E-state index is 12.4. The van der Waals surface area contributed by atoms with Crippen LogP contribution in [0.15, 0.2) is 36.4 Å². The van der Waals surface area contributed by atoms with Crippen LogP contribution in [0.4, 0.5) is 0 Å². The predicted octanol–water partition coefficient (Wildman–Crippen LogP) is 2.69. The van der Waals surface area contributed by atoms with Gasteiger partial charge in [-0.15, -0.1) is 0 Å². The largest absolute Gasteiger partial charge is 0.339 e. The van der Waals surface area contributed by atoms with Gasteiger partial charge in [0.05, 0.1) is 0 Å². The van der Waals surface area contributed by atoms with Crippen LogP contribution in [0, 0.1) is 5.41 Å². The summed E-state index contributed by atoms with van der Waals surface area (Å²) in [7, 11) is 0. The second-order valence-electron chi connectivity index (χ2n) is 6.39. The van der Waals surface area contributed by atoms with Crippen molar-refractivity contribution < 1.29 is 4.79 Å². The predicted molar refractivity (Wildman–Crippen MR) is 85.8 cm³/mol. The molecule has 2 fully saturated rings. The average molecular weight is 284 g/mol. The number of nitrogens with zero attached hydrogens (tertiary/aromatic N) is 1. The topological polar surface area (TPSA) is 32.3 Å². The van der Waals surface area contributed by atoms with Crippen molar-refractivity contribution in [1.29, 1.82) is 0 Å². The molecule has 2 aliphatic rings. The number of benzene rings is 1. The van der Waals surface area contributed by atoms with Gasteiger partial charge in [0.15, 0.2) is 0 Å². The minimum Gasteiger partial charge on any atom is -0.339 e. The lowest BCUT2D eigenvalue weighted by molar-refractivity contribution is -0.129. The number of hydrogen-bond donors (Lipinski definition) is 1. The monoisotopic (exact) mass is 284 g/mol. The van der Waals surface area contributed by atoms with E-state index in [2.05, 4.69) is 5.32 Å². The van der Waals surface area contributed by atoms with Gasteiger partial charge in [-0.05, 0) is 43.9 Å². The molecule has 1 unspecified atom stereocenters. The minimum atomic E-state index is 0.156. The molecule has 3 heteroatoms. The first-order valence-electron chi connectivity index (χ1n) is 8.00. The zero-order chi connectivity index (χ0) is 14.5.